The third-order valence-corrected chi connectivity index (χ3v) is 4.52. The Morgan fingerprint density at radius 2 is 1.77 bits per heavy atom. The van der Waals surface area contributed by atoms with Crippen LogP contribution in [0.3, 0.4) is 0 Å². The zero-order valence-electron chi connectivity index (χ0n) is 8.79. The maximum Gasteiger partial charge on any atom is 0.153 e. The molecule has 1 aliphatic heterocycles. The molecular weight excluding hydrogens is 186 g/mol. The largest absolute Gasteiger partial charge is 0.309 e. The Morgan fingerprint density at radius 1 is 1.31 bits per heavy atom. The monoisotopic (exact) mass is 205 g/mol. The summed E-state index contributed by atoms with van der Waals surface area (Å²) in [5.74, 6) is 0.626. The van der Waals surface area contributed by atoms with Gasteiger partial charge in [0, 0.05) is 12.1 Å². The lowest BCUT2D eigenvalue weighted by molar-refractivity contribution is 0.268. The fraction of sp³-hybridized carbons (Fsp3) is 1.00. The predicted molar refractivity (Wildman–Crippen MR) is 54.5 cm³/mol. The van der Waals surface area contributed by atoms with Crippen LogP contribution in [-0.4, -0.2) is 32.0 Å². The molecule has 1 rings (SSSR count). The lowest BCUT2D eigenvalue weighted by Crippen LogP contribution is -2.56. The van der Waals surface area contributed by atoms with Gasteiger partial charge < -0.3 is 5.32 Å². The highest BCUT2D eigenvalue weighted by atomic mass is 32.2. The standard InChI is InChI=1S/C9H19NO2S/c1-7(9(2,3)4)10-8-5-13(11,12)6-8/h7-8,10H,5-6H2,1-4H3. The average Bonchev–Trinajstić information content (AvgIpc) is 1.80. The number of nitrogens with one attached hydrogen (secondary N) is 1. The van der Waals surface area contributed by atoms with Gasteiger partial charge in [0.2, 0.25) is 0 Å². The van der Waals surface area contributed by atoms with E-state index in [-0.39, 0.29) is 11.5 Å². The maximum atomic E-state index is 10.9. The first-order chi connectivity index (χ1) is 5.71. The maximum absolute atomic E-state index is 10.9. The normalized spacial score (nSPS) is 25.2. The number of hydrogen-bond donors (Lipinski definition) is 1. The van der Waals surface area contributed by atoms with Crippen molar-refractivity contribution in [2.24, 2.45) is 5.41 Å². The van der Waals surface area contributed by atoms with E-state index in [1.165, 1.54) is 0 Å². The van der Waals surface area contributed by atoms with Crippen molar-refractivity contribution in [3.05, 3.63) is 0 Å². The van der Waals surface area contributed by atoms with Gasteiger partial charge >= 0.3 is 0 Å². The first-order valence-corrected chi connectivity index (χ1v) is 6.49. The van der Waals surface area contributed by atoms with Crippen LogP contribution in [0.5, 0.6) is 0 Å². The molecule has 13 heavy (non-hydrogen) atoms. The van der Waals surface area contributed by atoms with Gasteiger partial charge in [-0.05, 0) is 12.3 Å². The number of sulfone groups is 1. The van der Waals surface area contributed by atoms with E-state index < -0.39 is 9.84 Å². The smallest absolute Gasteiger partial charge is 0.153 e. The SMILES string of the molecule is CC(NC1CS(=O)(=O)C1)C(C)(C)C. The van der Waals surface area contributed by atoms with Crippen molar-refractivity contribution >= 4 is 9.84 Å². The summed E-state index contributed by atoms with van der Waals surface area (Å²) < 4.78 is 21.8. The van der Waals surface area contributed by atoms with Crippen LogP contribution in [0.2, 0.25) is 0 Å². The minimum Gasteiger partial charge on any atom is -0.309 e. The van der Waals surface area contributed by atoms with Crippen LogP contribution in [0.1, 0.15) is 27.7 Å². The molecule has 1 N–H and O–H groups in total. The molecular formula is C9H19NO2S. The van der Waals surface area contributed by atoms with Crippen LogP contribution in [-0.2, 0) is 9.84 Å². The molecule has 4 heteroatoms. The third-order valence-electron chi connectivity index (χ3n) is 2.69. The summed E-state index contributed by atoms with van der Waals surface area (Å²) in [6.07, 6.45) is 0. The Kier molecular flexibility index (Phi) is 2.74. The van der Waals surface area contributed by atoms with Crippen molar-refractivity contribution in [1.82, 2.24) is 5.32 Å². The highest BCUT2D eigenvalue weighted by Gasteiger charge is 2.35. The van der Waals surface area contributed by atoms with Crippen LogP contribution in [0.25, 0.3) is 0 Å². The summed E-state index contributed by atoms with van der Waals surface area (Å²) in [4.78, 5) is 0. The van der Waals surface area contributed by atoms with Crippen molar-refractivity contribution in [3.8, 4) is 0 Å². The van der Waals surface area contributed by atoms with Gasteiger partial charge in [-0.15, -0.1) is 0 Å². The van der Waals surface area contributed by atoms with E-state index in [2.05, 4.69) is 33.0 Å². The van der Waals surface area contributed by atoms with Crippen molar-refractivity contribution in [1.29, 1.82) is 0 Å². The van der Waals surface area contributed by atoms with Gasteiger partial charge in [-0.3, -0.25) is 0 Å². The lowest BCUT2D eigenvalue weighted by Gasteiger charge is -2.35. The average molecular weight is 205 g/mol. The molecule has 1 fully saturated rings. The number of hydrogen-bond acceptors (Lipinski definition) is 3. The lowest BCUT2D eigenvalue weighted by atomic mass is 9.88. The summed E-state index contributed by atoms with van der Waals surface area (Å²) >= 11 is 0. The van der Waals surface area contributed by atoms with Gasteiger partial charge in [0.05, 0.1) is 11.5 Å². The van der Waals surface area contributed by atoms with Gasteiger partial charge in [-0.2, -0.15) is 0 Å². The number of rotatable bonds is 2. The highest BCUT2D eigenvalue weighted by Crippen LogP contribution is 2.21. The minimum atomic E-state index is -2.68. The topological polar surface area (TPSA) is 46.2 Å². The summed E-state index contributed by atoms with van der Waals surface area (Å²) in [7, 11) is -2.68. The molecule has 0 amide bonds. The molecule has 1 saturated heterocycles. The molecule has 1 unspecified atom stereocenters. The molecule has 1 heterocycles. The van der Waals surface area contributed by atoms with Crippen LogP contribution < -0.4 is 5.32 Å². The van der Waals surface area contributed by atoms with Crippen LogP contribution in [0.4, 0.5) is 0 Å². The van der Waals surface area contributed by atoms with Gasteiger partial charge in [-0.25, -0.2) is 8.42 Å². The van der Waals surface area contributed by atoms with E-state index in [0.717, 1.165) is 0 Å². The van der Waals surface area contributed by atoms with E-state index >= 15 is 0 Å². The van der Waals surface area contributed by atoms with Gasteiger partial charge in [0.1, 0.15) is 0 Å². The predicted octanol–water partition coefficient (Wildman–Crippen LogP) is 0.808. The zero-order valence-corrected chi connectivity index (χ0v) is 9.61. The van der Waals surface area contributed by atoms with E-state index in [0.29, 0.717) is 17.5 Å². The minimum absolute atomic E-state index is 0.180. The molecule has 0 aliphatic carbocycles. The van der Waals surface area contributed by atoms with Crippen LogP contribution >= 0.6 is 0 Å². The van der Waals surface area contributed by atoms with Crippen LogP contribution in [0, 0.1) is 5.41 Å². The molecule has 0 spiro atoms. The van der Waals surface area contributed by atoms with Gasteiger partial charge in [-0.1, -0.05) is 20.8 Å². The second-order valence-electron chi connectivity index (χ2n) is 5.03. The molecule has 0 saturated carbocycles. The summed E-state index contributed by atoms with van der Waals surface area (Å²) in [5, 5.41) is 3.33. The third kappa shape index (κ3) is 2.95. The molecule has 3 nitrogen and oxygen atoms in total. The van der Waals surface area contributed by atoms with E-state index in [4.69, 9.17) is 0 Å². The van der Waals surface area contributed by atoms with E-state index in [9.17, 15) is 8.42 Å². The van der Waals surface area contributed by atoms with Gasteiger partial charge in [0.15, 0.2) is 9.84 Å². The second-order valence-corrected chi connectivity index (χ2v) is 7.18. The van der Waals surface area contributed by atoms with Crippen LogP contribution in [0.15, 0.2) is 0 Å². The zero-order chi connectivity index (χ0) is 10.3. The fourth-order valence-corrected chi connectivity index (χ4v) is 2.58. The highest BCUT2D eigenvalue weighted by molar-refractivity contribution is 7.92. The molecule has 0 aromatic heterocycles. The first kappa shape index (κ1) is 11.0. The van der Waals surface area contributed by atoms with E-state index in [1.54, 1.807) is 0 Å². The molecule has 78 valence electrons. The summed E-state index contributed by atoms with van der Waals surface area (Å²) in [5.41, 5.74) is 0.194. The van der Waals surface area contributed by atoms with Gasteiger partial charge in [0.25, 0.3) is 0 Å². The van der Waals surface area contributed by atoms with Crippen molar-refractivity contribution in [2.45, 2.75) is 39.8 Å². The molecule has 0 radical (unpaired) electrons. The summed E-state index contributed by atoms with van der Waals surface area (Å²) in [6, 6.07) is 0.534. The Hall–Kier alpha value is -0.0900. The molecule has 0 bridgehead atoms. The van der Waals surface area contributed by atoms with Crippen molar-refractivity contribution in [3.63, 3.8) is 0 Å². The molecule has 0 aromatic carbocycles. The Morgan fingerprint density at radius 3 is 2.08 bits per heavy atom. The molecule has 1 atom stereocenters. The van der Waals surface area contributed by atoms with E-state index in [1.807, 2.05) is 0 Å². The quantitative estimate of drug-likeness (QED) is 0.725. The Balaban J connectivity index is 2.37. The first-order valence-electron chi connectivity index (χ1n) is 4.67. The Labute approximate surface area is 80.8 Å². The van der Waals surface area contributed by atoms with Crippen molar-refractivity contribution < 1.29 is 8.42 Å². The van der Waals surface area contributed by atoms with Crippen molar-refractivity contribution in [2.75, 3.05) is 11.5 Å². The molecule has 1 aliphatic rings. The summed E-state index contributed by atoms with van der Waals surface area (Å²) in [6.45, 7) is 8.55. The molecule has 0 aromatic rings. The fourth-order valence-electron chi connectivity index (χ4n) is 1.26. The second kappa shape index (κ2) is 3.24. The Bertz CT molecular complexity index is 264.